The lowest BCUT2D eigenvalue weighted by Crippen LogP contribution is -1.99. The van der Waals surface area contributed by atoms with E-state index in [1.165, 1.54) is 0 Å². The molecule has 0 heterocycles. The van der Waals surface area contributed by atoms with Crippen LogP contribution in [-0.2, 0) is 6.54 Å². The molecular formula is C13H11BrClNO. The van der Waals surface area contributed by atoms with Crippen LogP contribution in [0.2, 0.25) is 5.02 Å². The predicted molar refractivity (Wildman–Crippen MR) is 74.6 cm³/mol. The maximum absolute atomic E-state index is 9.82. The third kappa shape index (κ3) is 3.14. The van der Waals surface area contributed by atoms with E-state index in [-0.39, 0.29) is 5.75 Å². The van der Waals surface area contributed by atoms with Crippen LogP contribution in [0.15, 0.2) is 46.9 Å². The van der Waals surface area contributed by atoms with Gasteiger partial charge in [0.2, 0.25) is 0 Å². The molecule has 0 saturated carbocycles. The van der Waals surface area contributed by atoms with Crippen molar-refractivity contribution in [2.24, 2.45) is 0 Å². The molecule has 4 heteroatoms. The molecule has 2 rings (SSSR count). The van der Waals surface area contributed by atoms with E-state index in [0.29, 0.717) is 16.0 Å². The lowest BCUT2D eigenvalue weighted by atomic mass is 10.2. The largest absolute Gasteiger partial charge is 0.506 e. The van der Waals surface area contributed by atoms with E-state index in [0.717, 1.165) is 11.3 Å². The highest BCUT2D eigenvalue weighted by Gasteiger charge is 2.04. The Morgan fingerprint density at radius 2 is 1.94 bits per heavy atom. The number of rotatable bonds is 3. The van der Waals surface area contributed by atoms with Crippen molar-refractivity contribution in [3.8, 4) is 5.75 Å². The first-order chi connectivity index (χ1) is 8.16. The molecule has 0 bridgehead atoms. The van der Waals surface area contributed by atoms with Crippen LogP contribution >= 0.6 is 27.5 Å². The second-order valence-electron chi connectivity index (χ2n) is 3.61. The van der Waals surface area contributed by atoms with Gasteiger partial charge in [-0.15, -0.1) is 0 Å². The van der Waals surface area contributed by atoms with Crippen molar-refractivity contribution in [1.82, 2.24) is 0 Å². The van der Waals surface area contributed by atoms with Crippen LogP contribution in [0, 0.1) is 0 Å². The summed E-state index contributed by atoms with van der Waals surface area (Å²) in [5, 5.41) is 13.7. The van der Waals surface area contributed by atoms with Gasteiger partial charge in [-0.2, -0.15) is 0 Å². The van der Waals surface area contributed by atoms with E-state index in [9.17, 15) is 5.11 Å². The number of phenols is 1. The van der Waals surface area contributed by atoms with Crippen LogP contribution in [0.5, 0.6) is 5.75 Å². The quantitative estimate of drug-likeness (QED) is 0.879. The van der Waals surface area contributed by atoms with Gasteiger partial charge < -0.3 is 10.4 Å². The first-order valence-corrected chi connectivity index (χ1v) is 6.30. The van der Waals surface area contributed by atoms with Gasteiger partial charge in [-0.05, 0) is 40.2 Å². The van der Waals surface area contributed by atoms with Gasteiger partial charge >= 0.3 is 0 Å². The fourth-order valence-corrected chi connectivity index (χ4v) is 2.10. The Bertz CT molecular complexity index is 531. The molecule has 2 nitrogen and oxygen atoms in total. The number of anilines is 1. The van der Waals surface area contributed by atoms with Crippen LogP contribution in [0.4, 0.5) is 5.69 Å². The summed E-state index contributed by atoms with van der Waals surface area (Å²) >= 11 is 9.17. The summed E-state index contributed by atoms with van der Waals surface area (Å²) in [6.07, 6.45) is 0. The summed E-state index contributed by atoms with van der Waals surface area (Å²) in [5.41, 5.74) is 1.76. The first kappa shape index (κ1) is 12.3. The van der Waals surface area contributed by atoms with Crippen LogP contribution in [0.3, 0.4) is 0 Å². The Kier molecular flexibility index (Phi) is 3.92. The van der Waals surface area contributed by atoms with Crippen LogP contribution < -0.4 is 5.32 Å². The van der Waals surface area contributed by atoms with E-state index >= 15 is 0 Å². The van der Waals surface area contributed by atoms with Gasteiger partial charge in [0.1, 0.15) is 5.75 Å². The van der Waals surface area contributed by atoms with Crippen molar-refractivity contribution in [3.63, 3.8) is 0 Å². The lowest BCUT2D eigenvalue weighted by Gasteiger charge is -2.09. The standard InChI is InChI=1S/C13H11BrClNO/c14-12-6-1-3-9(13(12)17)8-16-11-5-2-4-10(15)7-11/h1-7,16-17H,8H2. The number of nitrogens with one attached hydrogen (secondary N) is 1. The summed E-state index contributed by atoms with van der Waals surface area (Å²) in [6.45, 7) is 0.547. The number of para-hydroxylation sites is 1. The highest BCUT2D eigenvalue weighted by Crippen LogP contribution is 2.28. The molecule has 0 atom stereocenters. The van der Waals surface area contributed by atoms with Crippen molar-refractivity contribution < 1.29 is 5.11 Å². The molecule has 0 amide bonds. The molecule has 2 aromatic carbocycles. The molecule has 0 spiro atoms. The molecule has 0 radical (unpaired) electrons. The zero-order valence-corrected chi connectivity index (χ0v) is 11.3. The molecule has 0 aromatic heterocycles. The van der Waals surface area contributed by atoms with Gasteiger partial charge in [0, 0.05) is 22.8 Å². The minimum Gasteiger partial charge on any atom is -0.506 e. The van der Waals surface area contributed by atoms with Crippen molar-refractivity contribution in [2.75, 3.05) is 5.32 Å². The number of hydrogen-bond acceptors (Lipinski definition) is 2. The average Bonchev–Trinajstić information content (AvgIpc) is 2.31. The van der Waals surface area contributed by atoms with E-state index in [4.69, 9.17) is 11.6 Å². The van der Waals surface area contributed by atoms with Crippen LogP contribution in [-0.4, -0.2) is 5.11 Å². The minimum absolute atomic E-state index is 0.266. The summed E-state index contributed by atoms with van der Waals surface area (Å²) in [5.74, 6) is 0.266. The van der Waals surface area contributed by atoms with E-state index in [2.05, 4.69) is 21.2 Å². The lowest BCUT2D eigenvalue weighted by molar-refractivity contribution is 0.465. The predicted octanol–water partition coefficient (Wildman–Crippen LogP) is 4.42. The molecule has 2 aromatic rings. The molecular weight excluding hydrogens is 302 g/mol. The van der Waals surface area contributed by atoms with Gasteiger partial charge in [0.05, 0.1) is 4.47 Å². The third-order valence-corrected chi connectivity index (χ3v) is 3.25. The highest BCUT2D eigenvalue weighted by molar-refractivity contribution is 9.10. The maximum Gasteiger partial charge on any atom is 0.134 e. The molecule has 88 valence electrons. The van der Waals surface area contributed by atoms with Gasteiger partial charge in [0.15, 0.2) is 0 Å². The Morgan fingerprint density at radius 1 is 1.18 bits per heavy atom. The number of hydrogen-bond donors (Lipinski definition) is 2. The number of aromatic hydroxyl groups is 1. The summed E-state index contributed by atoms with van der Waals surface area (Å²) < 4.78 is 0.697. The van der Waals surface area contributed by atoms with Crippen molar-refractivity contribution >= 4 is 33.2 Å². The normalized spacial score (nSPS) is 10.2. The van der Waals surface area contributed by atoms with Crippen molar-refractivity contribution in [1.29, 1.82) is 0 Å². The number of halogens is 2. The van der Waals surface area contributed by atoms with E-state index in [1.807, 2.05) is 36.4 Å². The average molecular weight is 313 g/mol. The summed E-state index contributed by atoms with van der Waals surface area (Å²) in [4.78, 5) is 0. The zero-order chi connectivity index (χ0) is 12.3. The maximum atomic E-state index is 9.82. The third-order valence-electron chi connectivity index (χ3n) is 2.38. The number of benzene rings is 2. The Balaban J connectivity index is 2.10. The monoisotopic (exact) mass is 311 g/mol. The molecule has 0 aliphatic carbocycles. The Morgan fingerprint density at radius 3 is 2.71 bits per heavy atom. The molecule has 0 saturated heterocycles. The molecule has 0 fully saturated rings. The highest BCUT2D eigenvalue weighted by atomic mass is 79.9. The number of phenolic OH excluding ortho intramolecular Hbond substituents is 1. The van der Waals surface area contributed by atoms with Gasteiger partial charge in [-0.3, -0.25) is 0 Å². The SMILES string of the molecule is Oc1c(Br)cccc1CNc1cccc(Cl)c1. The van der Waals surface area contributed by atoms with E-state index in [1.54, 1.807) is 6.07 Å². The zero-order valence-electron chi connectivity index (χ0n) is 8.95. The molecule has 0 aliphatic heterocycles. The fourth-order valence-electron chi connectivity index (χ4n) is 1.50. The van der Waals surface area contributed by atoms with Gasteiger partial charge in [-0.25, -0.2) is 0 Å². The van der Waals surface area contributed by atoms with Crippen molar-refractivity contribution in [2.45, 2.75) is 6.54 Å². The fraction of sp³-hybridized carbons (Fsp3) is 0.0769. The minimum atomic E-state index is 0.266. The van der Waals surface area contributed by atoms with Crippen LogP contribution in [0.1, 0.15) is 5.56 Å². The van der Waals surface area contributed by atoms with Gasteiger partial charge in [0.25, 0.3) is 0 Å². The van der Waals surface area contributed by atoms with Gasteiger partial charge in [-0.1, -0.05) is 29.8 Å². The molecule has 0 unspecified atom stereocenters. The smallest absolute Gasteiger partial charge is 0.134 e. The van der Waals surface area contributed by atoms with Crippen LogP contribution in [0.25, 0.3) is 0 Å². The molecule has 2 N–H and O–H groups in total. The second-order valence-corrected chi connectivity index (χ2v) is 4.90. The first-order valence-electron chi connectivity index (χ1n) is 5.12. The molecule has 0 aliphatic rings. The second kappa shape index (κ2) is 5.43. The van der Waals surface area contributed by atoms with Crippen molar-refractivity contribution in [3.05, 3.63) is 57.5 Å². The summed E-state index contributed by atoms with van der Waals surface area (Å²) in [6, 6.07) is 13.0. The summed E-state index contributed by atoms with van der Waals surface area (Å²) in [7, 11) is 0. The topological polar surface area (TPSA) is 32.3 Å². The Labute approximate surface area is 113 Å². The van der Waals surface area contributed by atoms with E-state index < -0.39 is 0 Å². The molecule has 17 heavy (non-hydrogen) atoms. The Hall–Kier alpha value is -1.19.